The minimum atomic E-state index is -6.02. The van der Waals surface area contributed by atoms with Gasteiger partial charge in [-0.3, -0.25) is 0 Å². The van der Waals surface area contributed by atoms with Gasteiger partial charge < -0.3 is 9.47 Å². The largest absolute Gasteiger partial charge is 0.512 e. The molecule has 27 heavy (non-hydrogen) atoms. The minimum Gasteiger partial charge on any atom is -0.490 e. The minimum absolute atomic E-state index is 0.000548. The molecule has 2 aromatic rings. The van der Waals surface area contributed by atoms with Crippen LogP contribution in [0.2, 0.25) is 0 Å². The molecule has 0 aromatic heterocycles. The number of benzene rings is 2. The summed E-state index contributed by atoms with van der Waals surface area (Å²) in [5, 5.41) is 0.964. The van der Waals surface area contributed by atoms with Gasteiger partial charge in [-0.2, -0.15) is 13.2 Å². The first-order valence-corrected chi connectivity index (χ1v) is 10.7. The molecule has 1 aliphatic rings. The fraction of sp³-hybridized carbons (Fsp3) is 0.333. The molecule has 0 spiro atoms. The van der Waals surface area contributed by atoms with E-state index in [1.165, 1.54) is 12.1 Å². The Balaban J connectivity index is 1.89. The number of halogens is 3. The lowest BCUT2D eigenvalue weighted by molar-refractivity contribution is -0.0441. The van der Waals surface area contributed by atoms with Gasteiger partial charge in [0.2, 0.25) is 10.0 Å². The molecule has 1 saturated heterocycles. The van der Waals surface area contributed by atoms with E-state index in [4.69, 9.17) is 9.47 Å². The normalized spacial score (nSPS) is 17.8. The lowest BCUT2D eigenvalue weighted by Gasteiger charge is -2.13. The zero-order valence-corrected chi connectivity index (χ0v) is 15.2. The summed E-state index contributed by atoms with van der Waals surface area (Å²) in [6.45, 7) is 0.903. The lowest BCUT2D eigenvalue weighted by Crippen LogP contribution is -2.40. The average Bonchev–Trinajstić information content (AvgIpc) is 3.36. The van der Waals surface area contributed by atoms with Crippen LogP contribution in [0.3, 0.4) is 0 Å². The third-order valence-corrected chi connectivity index (χ3v) is 6.88. The van der Waals surface area contributed by atoms with Crippen molar-refractivity contribution in [2.24, 2.45) is 0 Å². The predicted octanol–water partition coefficient (Wildman–Crippen LogP) is 1.89. The van der Waals surface area contributed by atoms with Crippen molar-refractivity contribution < 1.29 is 39.5 Å². The van der Waals surface area contributed by atoms with E-state index >= 15 is 0 Å². The smallest absolute Gasteiger partial charge is 0.490 e. The molecule has 12 heteroatoms. The maximum Gasteiger partial charge on any atom is 0.512 e. The Morgan fingerprint density at radius 2 is 1.70 bits per heavy atom. The van der Waals surface area contributed by atoms with Crippen LogP contribution in [-0.2, 0) is 30.5 Å². The summed E-state index contributed by atoms with van der Waals surface area (Å²) < 4.78 is 94.8. The quantitative estimate of drug-likeness (QED) is 0.680. The van der Waals surface area contributed by atoms with E-state index in [9.17, 15) is 30.0 Å². The Kier molecular flexibility index (Phi) is 5.10. The van der Waals surface area contributed by atoms with E-state index in [1.807, 2.05) is 0 Å². The second-order valence-corrected chi connectivity index (χ2v) is 9.48. The van der Waals surface area contributed by atoms with Crippen LogP contribution in [0.15, 0.2) is 36.4 Å². The molecular weight excluding hydrogens is 411 g/mol. The summed E-state index contributed by atoms with van der Waals surface area (Å²) in [4.78, 5) is 0. The van der Waals surface area contributed by atoms with Crippen molar-refractivity contribution in [3.63, 3.8) is 0 Å². The van der Waals surface area contributed by atoms with Crippen molar-refractivity contribution in [2.45, 2.75) is 17.4 Å². The van der Waals surface area contributed by atoms with Crippen LogP contribution in [0.25, 0.3) is 10.8 Å². The number of hydrogen-bond donors (Lipinski definition) is 1. The summed E-state index contributed by atoms with van der Waals surface area (Å²) in [6.07, 6.45) is 0.000548. The standard InChI is InChI=1S/C15H14F3NO6S2/c16-15(17,18)27(22,23)19-26(20,21)9-10-5-6-14(25-8-11-7-24-11)13-4-2-1-3-12(10)13/h1-6,11,19H,7-9H2. The van der Waals surface area contributed by atoms with Crippen molar-refractivity contribution in [1.29, 1.82) is 0 Å². The third-order valence-electron chi connectivity index (χ3n) is 3.69. The van der Waals surface area contributed by atoms with E-state index < -0.39 is 31.3 Å². The third kappa shape index (κ3) is 4.69. The Morgan fingerprint density at radius 1 is 1.07 bits per heavy atom. The molecule has 1 aliphatic heterocycles. The van der Waals surface area contributed by atoms with E-state index in [1.54, 1.807) is 24.3 Å². The monoisotopic (exact) mass is 425 g/mol. The number of rotatable bonds is 7. The van der Waals surface area contributed by atoms with Crippen LogP contribution in [-0.4, -0.2) is 41.7 Å². The molecule has 0 amide bonds. The molecule has 2 aromatic carbocycles. The van der Waals surface area contributed by atoms with E-state index in [-0.39, 0.29) is 11.7 Å². The van der Waals surface area contributed by atoms with Crippen LogP contribution < -0.4 is 8.86 Å². The van der Waals surface area contributed by atoms with Gasteiger partial charge in [0.05, 0.1) is 12.4 Å². The highest BCUT2D eigenvalue weighted by Gasteiger charge is 2.48. The van der Waals surface area contributed by atoms with Gasteiger partial charge in [-0.05, 0) is 17.0 Å². The first kappa shape index (κ1) is 19.9. The molecule has 148 valence electrons. The maximum absolute atomic E-state index is 12.4. The van der Waals surface area contributed by atoms with Crippen molar-refractivity contribution in [3.8, 4) is 5.75 Å². The molecule has 1 heterocycles. The van der Waals surface area contributed by atoms with Crippen LogP contribution in [0, 0.1) is 0 Å². The summed E-state index contributed by atoms with van der Waals surface area (Å²) in [5.41, 5.74) is -5.60. The first-order chi connectivity index (χ1) is 12.5. The van der Waals surface area contributed by atoms with Crippen molar-refractivity contribution in [3.05, 3.63) is 42.0 Å². The molecule has 1 atom stereocenters. The Morgan fingerprint density at radius 3 is 2.30 bits per heavy atom. The molecule has 1 N–H and O–H groups in total. The fourth-order valence-electron chi connectivity index (χ4n) is 2.38. The number of sulfonamides is 2. The van der Waals surface area contributed by atoms with Gasteiger partial charge in [-0.1, -0.05) is 30.3 Å². The van der Waals surface area contributed by atoms with Gasteiger partial charge >= 0.3 is 15.5 Å². The molecule has 3 rings (SSSR count). The predicted molar refractivity (Wildman–Crippen MR) is 89.9 cm³/mol. The molecule has 0 saturated carbocycles. The molecular formula is C15H14F3NO6S2. The maximum atomic E-state index is 12.4. The number of fused-ring (bicyclic) bond motifs is 1. The number of alkyl halides is 3. The van der Waals surface area contributed by atoms with E-state index in [0.717, 1.165) is 4.13 Å². The highest BCUT2D eigenvalue weighted by molar-refractivity contribution is 8.04. The SMILES string of the molecule is O=S(=O)(Cc1ccc(OCC2CO2)c2ccccc12)NS(=O)(=O)C(F)(F)F. The number of epoxide rings is 1. The van der Waals surface area contributed by atoms with Gasteiger partial charge in [0.1, 0.15) is 18.5 Å². The van der Waals surface area contributed by atoms with Gasteiger partial charge in [0.15, 0.2) is 0 Å². The van der Waals surface area contributed by atoms with Gasteiger partial charge in [0.25, 0.3) is 0 Å². The van der Waals surface area contributed by atoms with Crippen LogP contribution in [0.1, 0.15) is 5.56 Å². The second kappa shape index (κ2) is 6.93. The Hall–Kier alpha value is -1.89. The summed E-state index contributed by atoms with van der Waals surface area (Å²) >= 11 is 0. The zero-order chi connectivity index (χ0) is 19.9. The fourth-order valence-corrected chi connectivity index (χ4v) is 4.99. The van der Waals surface area contributed by atoms with Gasteiger partial charge in [-0.15, -0.1) is 4.13 Å². The van der Waals surface area contributed by atoms with Crippen molar-refractivity contribution in [1.82, 2.24) is 4.13 Å². The lowest BCUT2D eigenvalue weighted by atomic mass is 10.0. The summed E-state index contributed by atoms with van der Waals surface area (Å²) in [7, 11) is -10.8. The highest BCUT2D eigenvalue weighted by atomic mass is 32.3. The molecule has 1 fully saturated rings. The molecule has 1 unspecified atom stereocenters. The number of ether oxygens (including phenoxy) is 2. The topological polar surface area (TPSA) is 102 Å². The number of hydrogen-bond acceptors (Lipinski definition) is 6. The summed E-state index contributed by atoms with van der Waals surface area (Å²) in [6, 6.07) is 9.38. The average molecular weight is 425 g/mol. The summed E-state index contributed by atoms with van der Waals surface area (Å²) in [5.74, 6) is -0.493. The Bertz CT molecular complexity index is 1060. The van der Waals surface area contributed by atoms with Crippen LogP contribution >= 0.6 is 0 Å². The molecule has 0 radical (unpaired) electrons. The zero-order valence-electron chi connectivity index (χ0n) is 13.6. The number of nitrogens with one attached hydrogen (secondary N) is 1. The highest BCUT2D eigenvalue weighted by Crippen LogP contribution is 2.30. The van der Waals surface area contributed by atoms with Gasteiger partial charge in [-0.25, -0.2) is 16.8 Å². The van der Waals surface area contributed by atoms with Gasteiger partial charge in [0, 0.05) is 5.39 Å². The Labute approximate surface area is 153 Å². The first-order valence-electron chi connectivity index (χ1n) is 7.56. The van der Waals surface area contributed by atoms with Crippen LogP contribution in [0.5, 0.6) is 5.75 Å². The van der Waals surface area contributed by atoms with Crippen molar-refractivity contribution >= 4 is 30.8 Å². The molecule has 0 aliphatic carbocycles. The molecule has 0 bridgehead atoms. The second-order valence-electron chi connectivity index (χ2n) is 5.83. The van der Waals surface area contributed by atoms with Crippen LogP contribution in [0.4, 0.5) is 13.2 Å². The van der Waals surface area contributed by atoms with E-state index in [2.05, 4.69) is 0 Å². The van der Waals surface area contributed by atoms with E-state index in [0.29, 0.717) is 29.7 Å². The van der Waals surface area contributed by atoms with Crippen molar-refractivity contribution in [2.75, 3.05) is 13.2 Å². The molecule has 7 nitrogen and oxygen atoms in total.